The van der Waals surface area contributed by atoms with E-state index in [0.717, 1.165) is 0 Å². The monoisotopic (exact) mass is 240 g/mol. The van der Waals surface area contributed by atoms with E-state index in [4.69, 9.17) is 5.11 Å². The average molecular weight is 240 g/mol. The summed E-state index contributed by atoms with van der Waals surface area (Å²) in [6.45, 7) is 7.40. The van der Waals surface area contributed by atoms with Gasteiger partial charge in [0.2, 0.25) is 0 Å². The lowest BCUT2D eigenvalue weighted by Gasteiger charge is -2.27. The van der Waals surface area contributed by atoms with Crippen LogP contribution in [0.25, 0.3) is 0 Å². The molecule has 17 heavy (non-hydrogen) atoms. The fraction of sp³-hybridized carbons (Fsp3) is 0.667. The maximum Gasteiger partial charge on any atom is 0.326 e. The Labute approximate surface area is 102 Å². The number of aliphatic carboxylic acids is 1. The number of hydrogen-bond donors (Lipinski definition) is 3. The lowest BCUT2D eigenvalue weighted by molar-refractivity contribution is -0.141. The normalized spacial score (nSPS) is 12.0. The maximum absolute atomic E-state index is 11.4. The summed E-state index contributed by atoms with van der Waals surface area (Å²) in [7, 11) is 0. The van der Waals surface area contributed by atoms with Gasteiger partial charge in [-0.25, -0.2) is 9.59 Å². The Morgan fingerprint density at radius 3 is 2.35 bits per heavy atom. The topological polar surface area (TPSA) is 78.4 Å². The number of carboxylic acid groups (broad SMARTS) is 1. The minimum Gasteiger partial charge on any atom is -0.480 e. The molecule has 0 aromatic rings. The second kappa shape index (κ2) is 6.79. The van der Waals surface area contributed by atoms with Crippen LogP contribution in [0.1, 0.15) is 34.1 Å². The highest BCUT2D eigenvalue weighted by Crippen LogP contribution is 2.19. The van der Waals surface area contributed by atoms with Gasteiger partial charge in [0.15, 0.2) is 0 Å². The molecule has 0 aliphatic heterocycles. The third-order valence-corrected chi connectivity index (χ3v) is 2.10. The summed E-state index contributed by atoms with van der Waals surface area (Å²) in [5.41, 5.74) is -0.535. The standard InChI is InChI=1S/C12H20N2O3/c1-5-6-7-8-13-11(17)14-9(10(15)16)12(2,3)4/h9H,7-8H2,1-4H3,(H,15,16)(H2,13,14,17). The van der Waals surface area contributed by atoms with Crippen molar-refractivity contribution in [3.63, 3.8) is 0 Å². The molecule has 0 spiro atoms. The van der Waals surface area contributed by atoms with Crippen molar-refractivity contribution in [2.45, 2.75) is 40.2 Å². The van der Waals surface area contributed by atoms with E-state index in [1.54, 1.807) is 27.7 Å². The van der Waals surface area contributed by atoms with Crippen molar-refractivity contribution in [2.24, 2.45) is 5.41 Å². The molecule has 0 heterocycles. The van der Waals surface area contributed by atoms with Crippen molar-refractivity contribution in [1.29, 1.82) is 0 Å². The van der Waals surface area contributed by atoms with Crippen LogP contribution in [-0.4, -0.2) is 29.7 Å². The Balaban J connectivity index is 4.22. The average Bonchev–Trinajstić information content (AvgIpc) is 2.19. The number of urea groups is 1. The van der Waals surface area contributed by atoms with Crippen LogP contribution in [0.4, 0.5) is 4.79 Å². The van der Waals surface area contributed by atoms with E-state index in [0.29, 0.717) is 13.0 Å². The summed E-state index contributed by atoms with van der Waals surface area (Å²) >= 11 is 0. The zero-order chi connectivity index (χ0) is 13.5. The largest absolute Gasteiger partial charge is 0.480 e. The highest BCUT2D eigenvalue weighted by atomic mass is 16.4. The molecule has 0 aliphatic rings. The Hall–Kier alpha value is -1.70. The molecule has 0 rings (SSSR count). The van der Waals surface area contributed by atoms with Crippen LogP contribution >= 0.6 is 0 Å². The van der Waals surface area contributed by atoms with Crippen molar-refractivity contribution in [3.05, 3.63) is 0 Å². The van der Waals surface area contributed by atoms with Crippen LogP contribution in [0.5, 0.6) is 0 Å². The molecule has 1 atom stereocenters. The molecule has 5 heteroatoms. The quantitative estimate of drug-likeness (QED) is 0.510. The van der Waals surface area contributed by atoms with Gasteiger partial charge in [0.1, 0.15) is 6.04 Å². The van der Waals surface area contributed by atoms with E-state index >= 15 is 0 Å². The van der Waals surface area contributed by atoms with Crippen molar-refractivity contribution in [2.75, 3.05) is 6.54 Å². The number of rotatable bonds is 4. The first-order valence-electron chi connectivity index (χ1n) is 5.45. The van der Waals surface area contributed by atoms with E-state index in [9.17, 15) is 9.59 Å². The zero-order valence-corrected chi connectivity index (χ0v) is 10.8. The summed E-state index contributed by atoms with van der Waals surface area (Å²) in [5, 5.41) is 14.0. The Morgan fingerprint density at radius 2 is 1.94 bits per heavy atom. The number of hydrogen-bond acceptors (Lipinski definition) is 2. The molecule has 0 radical (unpaired) electrons. The van der Waals surface area contributed by atoms with E-state index < -0.39 is 23.5 Å². The lowest BCUT2D eigenvalue weighted by atomic mass is 9.87. The van der Waals surface area contributed by atoms with Gasteiger partial charge >= 0.3 is 12.0 Å². The highest BCUT2D eigenvalue weighted by Gasteiger charge is 2.32. The van der Waals surface area contributed by atoms with Crippen LogP contribution in [0.15, 0.2) is 0 Å². The third kappa shape index (κ3) is 6.46. The number of amides is 2. The molecule has 0 saturated heterocycles. The van der Waals surface area contributed by atoms with Gasteiger partial charge in [0.05, 0.1) is 0 Å². The first-order chi connectivity index (χ1) is 7.79. The molecular weight excluding hydrogens is 220 g/mol. The van der Waals surface area contributed by atoms with Gasteiger partial charge in [-0.3, -0.25) is 0 Å². The first kappa shape index (κ1) is 15.3. The Morgan fingerprint density at radius 1 is 1.35 bits per heavy atom. The summed E-state index contributed by atoms with van der Waals surface area (Å²) in [6, 6.07) is -1.40. The van der Waals surface area contributed by atoms with Gasteiger partial charge in [0, 0.05) is 13.0 Å². The minimum atomic E-state index is -1.04. The predicted molar refractivity (Wildman–Crippen MR) is 65.5 cm³/mol. The maximum atomic E-state index is 11.4. The second-order valence-electron chi connectivity index (χ2n) is 4.71. The highest BCUT2D eigenvalue weighted by molar-refractivity contribution is 5.83. The summed E-state index contributed by atoms with van der Waals surface area (Å²) in [6.07, 6.45) is 0.553. The zero-order valence-electron chi connectivity index (χ0n) is 10.8. The fourth-order valence-corrected chi connectivity index (χ4v) is 1.19. The number of carboxylic acids is 1. The molecular formula is C12H20N2O3. The third-order valence-electron chi connectivity index (χ3n) is 2.10. The summed E-state index contributed by atoms with van der Waals surface area (Å²) < 4.78 is 0. The molecule has 0 fully saturated rings. The van der Waals surface area contributed by atoms with Crippen molar-refractivity contribution in [3.8, 4) is 11.8 Å². The van der Waals surface area contributed by atoms with Gasteiger partial charge in [-0.15, -0.1) is 11.8 Å². The smallest absolute Gasteiger partial charge is 0.326 e. The van der Waals surface area contributed by atoms with Gasteiger partial charge < -0.3 is 15.7 Å². The molecule has 0 saturated carbocycles. The molecule has 0 aromatic heterocycles. The van der Waals surface area contributed by atoms with E-state index in [1.165, 1.54) is 0 Å². The second-order valence-corrected chi connectivity index (χ2v) is 4.71. The molecule has 96 valence electrons. The van der Waals surface area contributed by atoms with E-state index in [2.05, 4.69) is 22.5 Å². The van der Waals surface area contributed by atoms with Crippen LogP contribution < -0.4 is 10.6 Å². The number of carbonyl (C=O) groups excluding carboxylic acids is 1. The summed E-state index contributed by atoms with van der Waals surface area (Å²) in [4.78, 5) is 22.4. The van der Waals surface area contributed by atoms with Gasteiger partial charge in [-0.1, -0.05) is 20.8 Å². The van der Waals surface area contributed by atoms with Crippen molar-refractivity contribution >= 4 is 12.0 Å². The van der Waals surface area contributed by atoms with Crippen LogP contribution in [0.2, 0.25) is 0 Å². The lowest BCUT2D eigenvalue weighted by Crippen LogP contribution is -2.52. The molecule has 2 amide bonds. The SMILES string of the molecule is CC#CCCNC(=O)NC(C(=O)O)C(C)(C)C. The molecule has 1 unspecified atom stereocenters. The van der Waals surface area contributed by atoms with Crippen molar-refractivity contribution in [1.82, 2.24) is 10.6 Å². The number of nitrogens with one attached hydrogen (secondary N) is 2. The first-order valence-corrected chi connectivity index (χ1v) is 5.45. The predicted octanol–water partition coefficient (Wildman–Crippen LogP) is 1.20. The van der Waals surface area contributed by atoms with Crippen LogP contribution in [0.3, 0.4) is 0 Å². The summed E-state index contributed by atoms with van der Waals surface area (Å²) in [5.74, 6) is 4.47. The van der Waals surface area contributed by atoms with Crippen LogP contribution in [-0.2, 0) is 4.79 Å². The van der Waals surface area contributed by atoms with Crippen molar-refractivity contribution < 1.29 is 14.7 Å². The molecule has 0 aliphatic carbocycles. The van der Waals surface area contributed by atoms with Crippen LogP contribution in [0, 0.1) is 17.3 Å². The van der Waals surface area contributed by atoms with E-state index in [-0.39, 0.29) is 0 Å². The molecule has 0 bridgehead atoms. The molecule has 0 aromatic carbocycles. The Bertz CT molecular complexity index is 334. The molecule has 5 nitrogen and oxygen atoms in total. The Kier molecular flexibility index (Phi) is 6.11. The van der Waals surface area contributed by atoms with Gasteiger partial charge in [0.25, 0.3) is 0 Å². The van der Waals surface area contributed by atoms with Gasteiger partial charge in [-0.2, -0.15) is 0 Å². The van der Waals surface area contributed by atoms with Gasteiger partial charge in [-0.05, 0) is 12.3 Å². The van der Waals surface area contributed by atoms with E-state index in [1.807, 2.05) is 0 Å². The minimum absolute atomic E-state index is 0.406. The molecule has 3 N–H and O–H groups in total. The fourth-order valence-electron chi connectivity index (χ4n) is 1.19. The number of carbonyl (C=O) groups is 2.